The van der Waals surface area contributed by atoms with E-state index in [1.54, 1.807) is 6.26 Å². The summed E-state index contributed by atoms with van der Waals surface area (Å²) in [6, 6.07) is 5.71. The number of hydrogen-bond donors (Lipinski definition) is 2. The summed E-state index contributed by atoms with van der Waals surface area (Å²) in [7, 11) is 0. The first-order valence-corrected chi connectivity index (χ1v) is 8.35. The van der Waals surface area contributed by atoms with E-state index in [1.165, 1.54) is 0 Å². The zero-order valence-corrected chi connectivity index (χ0v) is 14.2. The van der Waals surface area contributed by atoms with E-state index in [0.717, 1.165) is 36.4 Å². The molecule has 0 aromatic carbocycles. The van der Waals surface area contributed by atoms with Crippen LogP contribution >= 0.6 is 0 Å². The van der Waals surface area contributed by atoms with Gasteiger partial charge in [0.05, 0.1) is 18.4 Å². The minimum Gasteiger partial charge on any atom is -0.467 e. The predicted molar refractivity (Wildman–Crippen MR) is 88.9 cm³/mol. The largest absolute Gasteiger partial charge is 0.467 e. The molecule has 3 aromatic heterocycles. The Morgan fingerprint density at radius 3 is 2.88 bits per heavy atom. The van der Waals surface area contributed by atoms with Crippen LogP contribution in [-0.2, 0) is 12.1 Å². The predicted octanol–water partition coefficient (Wildman–Crippen LogP) is 2.07. The quantitative estimate of drug-likeness (QED) is 0.740. The Morgan fingerprint density at radius 2 is 2.28 bits per heavy atom. The Balaban J connectivity index is 1.58. The van der Waals surface area contributed by atoms with Crippen molar-refractivity contribution in [1.29, 1.82) is 0 Å². The first kappa shape index (κ1) is 15.6. The van der Waals surface area contributed by atoms with E-state index < -0.39 is 5.54 Å². The first-order valence-electron chi connectivity index (χ1n) is 8.35. The van der Waals surface area contributed by atoms with Crippen LogP contribution in [0.5, 0.6) is 0 Å². The average molecular weight is 340 g/mol. The highest BCUT2D eigenvalue weighted by Gasteiger charge is 2.44. The van der Waals surface area contributed by atoms with Gasteiger partial charge in [-0.2, -0.15) is 5.21 Å². The lowest BCUT2D eigenvalue weighted by Crippen LogP contribution is -2.51. The molecule has 1 aliphatic rings. The van der Waals surface area contributed by atoms with E-state index in [2.05, 4.69) is 30.5 Å². The lowest BCUT2D eigenvalue weighted by atomic mass is 9.76. The zero-order valence-electron chi connectivity index (χ0n) is 14.2. The summed E-state index contributed by atoms with van der Waals surface area (Å²) in [6.45, 7) is 4.55. The Hall–Kier alpha value is -2.90. The van der Waals surface area contributed by atoms with Crippen molar-refractivity contribution < 1.29 is 9.21 Å². The molecule has 25 heavy (non-hydrogen) atoms. The van der Waals surface area contributed by atoms with Crippen LogP contribution in [0.3, 0.4) is 0 Å². The molecule has 130 valence electrons. The fourth-order valence-corrected chi connectivity index (χ4v) is 3.42. The second-order valence-corrected chi connectivity index (χ2v) is 6.58. The van der Waals surface area contributed by atoms with Crippen molar-refractivity contribution in [2.24, 2.45) is 0 Å². The van der Waals surface area contributed by atoms with Gasteiger partial charge in [0.2, 0.25) is 0 Å². The Kier molecular flexibility index (Phi) is 3.67. The number of rotatable bonds is 5. The number of furan rings is 1. The summed E-state index contributed by atoms with van der Waals surface area (Å²) in [6.07, 6.45) is 4.33. The fraction of sp³-hybridized carbons (Fsp3) is 0.412. The molecule has 3 aromatic rings. The molecule has 0 bridgehead atoms. The third-order valence-electron chi connectivity index (χ3n) is 5.05. The number of nitrogens with one attached hydrogen (secondary N) is 2. The number of H-pyrrole nitrogens is 1. The maximum atomic E-state index is 12.9. The summed E-state index contributed by atoms with van der Waals surface area (Å²) in [4.78, 5) is 12.9. The van der Waals surface area contributed by atoms with Crippen LogP contribution in [-0.4, -0.2) is 31.1 Å². The van der Waals surface area contributed by atoms with Gasteiger partial charge in [-0.25, -0.2) is 0 Å². The molecule has 8 nitrogen and oxygen atoms in total. The van der Waals surface area contributed by atoms with Crippen LogP contribution in [0, 0.1) is 13.8 Å². The van der Waals surface area contributed by atoms with Crippen molar-refractivity contribution in [3.8, 4) is 0 Å². The minimum atomic E-state index is -0.506. The van der Waals surface area contributed by atoms with E-state index in [0.29, 0.717) is 17.9 Å². The van der Waals surface area contributed by atoms with E-state index in [1.807, 2.05) is 32.0 Å². The summed E-state index contributed by atoms with van der Waals surface area (Å²) in [5.41, 5.74) is 2.09. The number of aromatic amines is 1. The van der Waals surface area contributed by atoms with Crippen molar-refractivity contribution in [3.05, 3.63) is 53.0 Å². The standard InChI is InChI=1S/C17H20N6O2/c1-11-9-14(12(2)23(11)10-13-5-3-8-25-13)15(24)18-17(6-4-7-17)16-19-21-22-20-16/h3,5,8-9H,4,6-7,10H2,1-2H3,(H,18,24)(H,19,20,21,22). The van der Waals surface area contributed by atoms with Gasteiger partial charge in [0.1, 0.15) is 11.3 Å². The zero-order chi connectivity index (χ0) is 17.4. The average Bonchev–Trinajstić information content (AvgIpc) is 3.29. The van der Waals surface area contributed by atoms with Gasteiger partial charge in [0.25, 0.3) is 5.91 Å². The molecular weight excluding hydrogens is 320 g/mol. The van der Waals surface area contributed by atoms with Gasteiger partial charge < -0.3 is 14.3 Å². The minimum absolute atomic E-state index is 0.108. The van der Waals surface area contributed by atoms with Gasteiger partial charge in [0.15, 0.2) is 5.82 Å². The van der Waals surface area contributed by atoms with E-state index in [-0.39, 0.29) is 5.91 Å². The maximum absolute atomic E-state index is 12.9. The molecule has 1 saturated carbocycles. The lowest BCUT2D eigenvalue weighted by molar-refractivity contribution is 0.0808. The molecule has 0 atom stereocenters. The van der Waals surface area contributed by atoms with Crippen LogP contribution in [0.1, 0.15) is 52.6 Å². The van der Waals surface area contributed by atoms with Gasteiger partial charge >= 0.3 is 0 Å². The van der Waals surface area contributed by atoms with Crippen molar-refractivity contribution in [3.63, 3.8) is 0 Å². The molecule has 1 aliphatic carbocycles. The number of hydrogen-bond acceptors (Lipinski definition) is 5. The topological polar surface area (TPSA) is 102 Å². The summed E-state index contributed by atoms with van der Waals surface area (Å²) >= 11 is 0. The van der Waals surface area contributed by atoms with Crippen molar-refractivity contribution in [2.45, 2.75) is 45.2 Å². The highest BCUT2D eigenvalue weighted by molar-refractivity contribution is 5.96. The molecular formula is C17H20N6O2. The summed E-state index contributed by atoms with van der Waals surface area (Å²) in [5, 5.41) is 17.4. The van der Waals surface area contributed by atoms with Gasteiger partial charge in [-0.05, 0) is 51.3 Å². The third kappa shape index (κ3) is 2.63. The molecule has 0 unspecified atom stereocenters. The number of amides is 1. The van der Waals surface area contributed by atoms with Crippen LogP contribution in [0.2, 0.25) is 0 Å². The molecule has 1 fully saturated rings. The number of carbonyl (C=O) groups excluding carboxylic acids is 1. The number of tetrazole rings is 1. The SMILES string of the molecule is Cc1cc(C(=O)NC2(c3nn[nH]n3)CCC2)c(C)n1Cc1ccco1. The van der Waals surface area contributed by atoms with Crippen molar-refractivity contribution in [1.82, 2.24) is 30.5 Å². The molecule has 3 heterocycles. The molecule has 4 rings (SSSR count). The molecule has 1 amide bonds. The number of carbonyl (C=O) groups is 1. The normalized spacial score (nSPS) is 15.8. The van der Waals surface area contributed by atoms with Gasteiger partial charge in [0, 0.05) is 11.4 Å². The Labute approximate surface area is 144 Å². The Bertz CT molecular complexity index is 875. The monoisotopic (exact) mass is 340 g/mol. The smallest absolute Gasteiger partial charge is 0.253 e. The van der Waals surface area contributed by atoms with E-state index in [9.17, 15) is 4.79 Å². The highest BCUT2D eigenvalue weighted by atomic mass is 16.3. The van der Waals surface area contributed by atoms with Crippen LogP contribution in [0.25, 0.3) is 0 Å². The molecule has 0 radical (unpaired) electrons. The molecule has 0 saturated heterocycles. The van der Waals surface area contributed by atoms with Gasteiger partial charge in [-0.15, -0.1) is 10.2 Å². The first-order chi connectivity index (χ1) is 12.1. The number of nitrogens with zero attached hydrogens (tertiary/aromatic N) is 4. The maximum Gasteiger partial charge on any atom is 0.253 e. The second kappa shape index (κ2) is 5.87. The fourth-order valence-electron chi connectivity index (χ4n) is 3.42. The third-order valence-corrected chi connectivity index (χ3v) is 5.05. The van der Waals surface area contributed by atoms with Crippen molar-refractivity contribution in [2.75, 3.05) is 0 Å². The van der Waals surface area contributed by atoms with E-state index >= 15 is 0 Å². The molecule has 0 aliphatic heterocycles. The van der Waals surface area contributed by atoms with Crippen LogP contribution < -0.4 is 5.32 Å². The lowest BCUT2D eigenvalue weighted by Gasteiger charge is -2.39. The van der Waals surface area contributed by atoms with Gasteiger partial charge in [-0.3, -0.25) is 4.79 Å². The molecule has 8 heteroatoms. The van der Waals surface area contributed by atoms with Crippen molar-refractivity contribution >= 4 is 5.91 Å². The Morgan fingerprint density at radius 1 is 1.44 bits per heavy atom. The molecule has 0 spiro atoms. The van der Waals surface area contributed by atoms with Crippen LogP contribution in [0.4, 0.5) is 0 Å². The summed E-state index contributed by atoms with van der Waals surface area (Å²) in [5.74, 6) is 1.30. The second-order valence-electron chi connectivity index (χ2n) is 6.58. The highest BCUT2D eigenvalue weighted by Crippen LogP contribution is 2.39. The number of aryl methyl sites for hydroxylation is 1. The molecule has 2 N–H and O–H groups in total. The van der Waals surface area contributed by atoms with Gasteiger partial charge in [-0.1, -0.05) is 5.21 Å². The van der Waals surface area contributed by atoms with Crippen LogP contribution in [0.15, 0.2) is 28.9 Å². The number of aromatic nitrogens is 5. The summed E-state index contributed by atoms with van der Waals surface area (Å²) < 4.78 is 7.50. The van der Waals surface area contributed by atoms with E-state index in [4.69, 9.17) is 4.42 Å².